The third-order valence-electron chi connectivity index (χ3n) is 2.97. The molecule has 20 heavy (non-hydrogen) atoms. The number of para-hydroxylation sites is 1. The standard InChI is InChI=1S/C14H18N2O3S/c1-14(2,20(3,18)19)13(17)16-12-9-5-4-7-11(12)8-6-10-15/h4-5,7,9H,10,15H2,1-3H3,(H,16,17). The summed E-state index contributed by atoms with van der Waals surface area (Å²) in [7, 11) is -3.52. The molecule has 0 aromatic heterocycles. The summed E-state index contributed by atoms with van der Waals surface area (Å²) in [6.45, 7) is 2.94. The number of rotatable bonds is 3. The van der Waals surface area contributed by atoms with Gasteiger partial charge in [-0.1, -0.05) is 24.0 Å². The van der Waals surface area contributed by atoms with Crippen LogP contribution in [0.3, 0.4) is 0 Å². The summed E-state index contributed by atoms with van der Waals surface area (Å²) in [4.78, 5) is 12.1. The van der Waals surface area contributed by atoms with E-state index in [0.29, 0.717) is 11.3 Å². The number of benzene rings is 1. The first-order valence-electron chi connectivity index (χ1n) is 5.99. The zero-order valence-corrected chi connectivity index (χ0v) is 12.5. The van der Waals surface area contributed by atoms with E-state index >= 15 is 0 Å². The predicted molar refractivity (Wildman–Crippen MR) is 79.9 cm³/mol. The minimum Gasteiger partial charge on any atom is -0.324 e. The first-order valence-corrected chi connectivity index (χ1v) is 7.88. The van der Waals surface area contributed by atoms with Gasteiger partial charge in [0.2, 0.25) is 5.91 Å². The second kappa shape index (κ2) is 6.07. The van der Waals surface area contributed by atoms with Gasteiger partial charge in [-0.2, -0.15) is 0 Å². The van der Waals surface area contributed by atoms with Gasteiger partial charge in [0, 0.05) is 11.8 Å². The Kier molecular flexibility index (Phi) is 4.93. The Balaban J connectivity index is 3.09. The van der Waals surface area contributed by atoms with Crippen molar-refractivity contribution in [2.75, 3.05) is 18.1 Å². The zero-order valence-electron chi connectivity index (χ0n) is 11.7. The molecule has 0 saturated carbocycles. The lowest BCUT2D eigenvalue weighted by Crippen LogP contribution is -2.44. The van der Waals surface area contributed by atoms with Crippen molar-refractivity contribution < 1.29 is 13.2 Å². The third kappa shape index (κ3) is 3.59. The molecule has 0 aliphatic heterocycles. The first kappa shape index (κ1) is 16.2. The molecule has 6 heteroatoms. The van der Waals surface area contributed by atoms with Crippen LogP contribution in [0.25, 0.3) is 0 Å². The molecule has 1 amide bonds. The van der Waals surface area contributed by atoms with Crippen LogP contribution in [0.1, 0.15) is 19.4 Å². The molecule has 0 spiro atoms. The van der Waals surface area contributed by atoms with Crippen LogP contribution >= 0.6 is 0 Å². The smallest absolute Gasteiger partial charge is 0.245 e. The predicted octanol–water partition coefficient (Wildman–Crippen LogP) is 0.759. The summed E-state index contributed by atoms with van der Waals surface area (Å²) < 4.78 is 21.8. The average Bonchev–Trinajstić information content (AvgIpc) is 2.36. The third-order valence-corrected chi connectivity index (χ3v) is 5.01. The number of carbonyl (C=O) groups is 1. The molecule has 0 aliphatic carbocycles. The number of amides is 1. The number of hydrogen-bond donors (Lipinski definition) is 2. The fourth-order valence-corrected chi connectivity index (χ4v) is 1.68. The highest BCUT2D eigenvalue weighted by Crippen LogP contribution is 2.20. The van der Waals surface area contributed by atoms with E-state index in [1.54, 1.807) is 24.3 Å². The molecule has 3 N–H and O–H groups in total. The van der Waals surface area contributed by atoms with Gasteiger partial charge < -0.3 is 11.1 Å². The zero-order chi connectivity index (χ0) is 15.4. The molecule has 0 saturated heterocycles. The molecule has 0 atom stereocenters. The molecule has 0 unspecified atom stereocenters. The van der Waals surface area contributed by atoms with Crippen molar-refractivity contribution in [2.45, 2.75) is 18.6 Å². The molecule has 1 aromatic rings. The maximum Gasteiger partial charge on any atom is 0.245 e. The Bertz CT molecular complexity index is 667. The van der Waals surface area contributed by atoms with E-state index in [1.165, 1.54) is 13.8 Å². The minimum atomic E-state index is -3.52. The van der Waals surface area contributed by atoms with Gasteiger partial charge in [-0.25, -0.2) is 8.42 Å². The van der Waals surface area contributed by atoms with Gasteiger partial charge in [0.15, 0.2) is 9.84 Å². The van der Waals surface area contributed by atoms with Crippen molar-refractivity contribution in [1.29, 1.82) is 0 Å². The van der Waals surface area contributed by atoms with Crippen molar-refractivity contribution >= 4 is 21.4 Å². The molecule has 5 nitrogen and oxygen atoms in total. The first-order chi connectivity index (χ1) is 9.20. The highest BCUT2D eigenvalue weighted by Gasteiger charge is 2.38. The lowest BCUT2D eigenvalue weighted by Gasteiger charge is -2.21. The number of carbonyl (C=O) groups excluding carboxylic acids is 1. The summed E-state index contributed by atoms with van der Waals surface area (Å²) in [5, 5.41) is 2.60. The average molecular weight is 294 g/mol. The fraction of sp³-hybridized carbons (Fsp3) is 0.357. The molecule has 0 bridgehead atoms. The quantitative estimate of drug-likeness (QED) is 0.805. The normalized spacial score (nSPS) is 11.4. The van der Waals surface area contributed by atoms with Crippen molar-refractivity contribution in [1.82, 2.24) is 0 Å². The highest BCUT2D eigenvalue weighted by atomic mass is 32.2. The molecule has 0 radical (unpaired) electrons. The molecular weight excluding hydrogens is 276 g/mol. The Morgan fingerprint density at radius 2 is 1.95 bits per heavy atom. The van der Waals surface area contributed by atoms with E-state index < -0.39 is 20.5 Å². The Hall–Kier alpha value is -1.84. The van der Waals surface area contributed by atoms with Crippen molar-refractivity contribution in [3.63, 3.8) is 0 Å². The molecular formula is C14H18N2O3S. The summed E-state index contributed by atoms with van der Waals surface area (Å²) in [6.07, 6.45) is 1.03. The van der Waals surface area contributed by atoms with Crippen molar-refractivity contribution in [3.8, 4) is 11.8 Å². The number of nitrogens with one attached hydrogen (secondary N) is 1. The van der Waals surface area contributed by atoms with E-state index in [0.717, 1.165) is 6.26 Å². The monoisotopic (exact) mass is 294 g/mol. The van der Waals surface area contributed by atoms with Crippen molar-refractivity contribution in [3.05, 3.63) is 29.8 Å². The Morgan fingerprint density at radius 3 is 2.50 bits per heavy atom. The van der Waals surface area contributed by atoms with Crippen LogP contribution in [0.15, 0.2) is 24.3 Å². The van der Waals surface area contributed by atoms with Gasteiger partial charge in [0.25, 0.3) is 0 Å². The highest BCUT2D eigenvalue weighted by molar-refractivity contribution is 7.92. The molecule has 0 heterocycles. The van der Waals surface area contributed by atoms with Crippen LogP contribution in [0.5, 0.6) is 0 Å². The molecule has 1 aromatic carbocycles. The number of nitrogens with two attached hydrogens (primary N) is 1. The second-order valence-corrected chi connectivity index (χ2v) is 7.35. The van der Waals surface area contributed by atoms with Gasteiger partial charge in [-0.3, -0.25) is 4.79 Å². The molecule has 108 valence electrons. The fourth-order valence-electron chi connectivity index (χ4n) is 1.29. The topological polar surface area (TPSA) is 89.3 Å². The van der Waals surface area contributed by atoms with Crippen molar-refractivity contribution in [2.24, 2.45) is 5.73 Å². The largest absolute Gasteiger partial charge is 0.324 e. The minimum absolute atomic E-state index is 0.205. The lowest BCUT2D eigenvalue weighted by molar-refractivity contribution is -0.117. The van der Waals surface area contributed by atoms with Gasteiger partial charge in [-0.05, 0) is 26.0 Å². The SMILES string of the molecule is CC(C)(C(=O)Nc1ccccc1C#CCN)S(C)(=O)=O. The van der Waals surface area contributed by atoms with Crippen LogP contribution in [0, 0.1) is 11.8 Å². The summed E-state index contributed by atoms with van der Waals surface area (Å²) >= 11 is 0. The second-order valence-electron chi connectivity index (χ2n) is 4.79. The van der Waals surface area contributed by atoms with Gasteiger partial charge in [-0.15, -0.1) is 0 Å². The van der Waals surface area contributed by atoms with Gasteiger partial charge in [0.1, 0.15) is 4.75 Å². The van der Waals surface area contributed by atoms with E-state index in [2.05, 4.69) is 17.2 Å². The van der Waals surface area contributed by atoms with Crippen LogP contribution in [0.4, 0.5) is 5.69 Å². The maximum atomic E-state index is 12.1. The van der Waals surface area contributed by atoms with Crippen LogP contribution < -0.4 is 11.1 Å². The number of anilines is 1. The number of hydrogen-bond acceptors (Lipinski definition) is 4. The molecule has 0 fully saturated rings. The molecule has 0 aliphatic rings. The van der Waals surface area contributed by atoms with Gasteiger partial charge in [0.05, 0.1) is 12.2 Å². The van der Waals surface area contributed by atoms with Gasteiger partial charge >= 0.3 is 0 Å². The summed E-state index contributed by atoms with van der Waals surface area (Å²) in [5.41, 5.74) is 6.37. The maximum absolute atomic E-state index is 12.1. The van der Waals surface area contributed by atoms with E-state index in [4.69, 9.17) is 5.73 Å². The summed E-state index contributed by atoms with van der Waals surface area (Å²) in [5.74, 6) is 4.93. The van der Waals surface area contributed by atoms with Crippen LogP contribution in [0.2, 0.25) is 0 Å². The number of sulfone groups is 1. The lowest BCUT2D eigenvalue weighted by atomic mass is 10.1. The van der Waals surface area contributed by atoms with E-state index in [9.17, 15) is 13.2 Å². The van der Waals surface area contributed by atoms with Crippen LogP contribution in [-0.2, 0) is 14.6 Å². The Morgan fingerprint density at radius 1 is 1.35 bits per heavy atom. The van der Waals surface area contributed by atoms with Crippen LogP contribution in [-0.4, -0.2) is 31.9 Å². The summed E-state index contributed by atoms with van der Waals surface area (Å²) in [6, 6.07) is 6.90. The Labute approximate surface area is 119 Å². The van der Waals surface area contributed by atoms with E-state index in [1.807, 2.05) is 0 Å². The molecule has 1 rings (SSSR count). The van der Waals surface area contributed by atoms with E-state index in [-0.39, 0.29) is 6.54 Å².